The van der Waals surface area contributed by atoms with Gasteiger partial charge in [0.15, 0.2) is 11.2 Å². The highest BCUT2D eigenvalue weighted by molar-refractivity contribution is 7.14. The van der Waals surface area contributed by atoms with Crippen LogP contribution in [0.5, 0.6) is 0 Å². The van der Waals surface area contributed by atoms with Crippen LogP contribution in [0.1, 0.15) is 55.5 Å². The smallest absolute Gasteiger partial charge is 0.360 e. The fourth-order valence-corrected chi connectivity index (χ4v) is 7.05. The molecule has 0 saturated carbocycles. The van der Waals surface area contributed by atoms with Gasteiger partial charge in [0, 0.05) is 5.38 Å². The largest absolute Gasteiger partial charge is 0.476 e. The first-order valence-corrected chi connectivity index (χ1v) is 18.1. The molecule has 7 aromatic rings. The summed E-state index contributed by atoms with van der Waals surface area (Å²) in [5.74, 6) is -1.80. The molecule has 0 saturated heterocycles. The van der Waals surface area contributed by atoms with Gasteiger partial charge in [-0.2, -0.15) is 0 Å². The number of carboxylic acids is 1. The van der Waals surface area contributed by atoms with Crippen LogP contribution in [0.15, 0.2) is 186 Å². The summed E-state index contributed by atoms with van der Waals surface area (Å²) in [7, 11) is 0. The summed E-state index contributed by atoms with van der Waals surface area (Å²) in [5.41, 5.74) is 4.51. The minimum atomic E-state index is -1.29. The molecule has 9 heteroatoms. The summed E-state index contributed by atoms with van der Waals surface area (Å²) >= 11 is 1.27. The normalized spacial score (nSPS) is 11.5. The quantitative estimate of drug-likeness (QED) is 0.0497. The Kier molecular flexibility index (Phi) is 11.0. The highest BCUT2D eigenvalue weighted by Crippen LogP contribution is 2.40. The van der Waals surface area contributed by atoms with Crippen molar-refractivity contribution in [1.82, 2.24) is 4.98 Å². The molecule has 0 aliphatic heterocycles. The average molecular weight is 730 g/mol. The summed E-state index contributed by atoms with van der Waals surface area (Å²) < 4.78 is 6.02. The third-order valence-corrected chi connectivity index (χ3v) is 9.60. The monoisotopic (exact) mass is 729 g/mol. The molecule has 266 valence electrons. The molecule has 0 radical (unpaired) electrons. The number of carbonyl (C=O) groups is 2. The van der Waals surface area contributed by atoms with Crippen LogP contribution in [0.4, 0.5) is 5.13 Å². The van der Waals surface area contributed by atoms with E-state index in [1.165, 1.54) is 11.3 Å². The topological polar surface area (TPSA) is 110 Å². The number of aliphatic carboxylic acids is 1. The number of aromatic nitrogens is 1. The summed E-state index contributed by atoms with van der Waals surface area (Å²) in [6.07, 6.45) is -0.599. The number of ether oxygens (including phenoxy) is 1. The molecule has 54 heavy (non-hydrogen) atoms. The third-order valence-electron chi connectivity index (χ3n) is 8.84. The fraction of sp³-hybridized carbons (Fsp3) is 0.0667. The molecule has 0 amide bonds. The zero-order chi connectivity index (χ0) is 37.2. The minimum Gasteiger partial charge on any atom is -0.476 e. The predicted molar refractivity (Wildman–Crippen MR) is 210 cm³/mol. The van der Waals surface area contributed by atoms with Gasteiger partial charge in [-0.1, -0.05) is 169 Å². The Morgan fingerprint density at radius 1 is 0.685 bits per heavy atom. The number of carbonyl (C=O) groups excluding carboxylic acids is 1. The van der Waals surface area contributed by atoms with Gasteiger partial charge in [0.25, 0.3) is 0 Å². The highest BCUT2D eigenvalue weighted by Gasteiger charge is 2.37. The van der Waals surface area contributed by atoms with Crippen LogP contribution in [-0.2, 0) is 26.5 Å². The second-order valence-corrected chi connectivity index (χ2v) is 13.2. The van der Waals surface area contributed by atoms with E-state index in [0.717, 1.165) is 27.8 Å². The lowest BCUT2D eigenvalue weighted by Gasteiger charge is -2.36. The Balaban J connectivity index is 1.11. The number of hydrogen-bond donors (Lipinski definition) is 2. The number of thiazole rings is 1. The lowest BCUT2D eigenvalue weighted by molar-refractivity contribution is -0.129. The average Bonchev–Trinajstić information content (AvgIpc) is 3.70. The number of carboxylic acid groups (broad SMARTS) is 1. The highest BCUT2D eigenvalue weighted by atomic mass is 32.1. The molecule has 0 spiro atoms. The van der Waals surface area contributed by atoms with Gasteiger partial charge < -0.3 is 20.0 Å². The van der Waals surface area contributed by atoms with E-state index in [2.05, 4.69) is 51.9 Å². The molecular weight excluding hydrogens is 695 g/mol. The van der Waals surface area contributed by atoms with Gasteiger partial charge >= 0.3 is 11.9 Å². The molecular formula is C45H35N3O5S. The van der Waals surface area contributed by atoms with Crippen LogP contribution in [-0.4, -0.2) is 27.7 Å². The van der Waals surface area contributed by atoms with Crippen molar-refractivity contribution in [2.45, 2.75) is 18.2 Å². The number of nitrogens with zero attached hydrogens (tertiary/aromatic N) is 2. The van der Waals surface area contributed by atoms with Gasteiger partial charge in [-0.25, -0.2) is 14.6 Å². The van der Waals surface area contributed by atoms with E-state index in [1.54, 1.807) is 29.6 Å². The van der Waals surface area contributed by atoms with Gasteiger partial charge in [0.1, 0.15) is 17.8 Å². The molecule has 1 heterocycles. The summed E-state index contributed by atoms with van der Waals surface area (Å²) in [4.78, 5) is 36.1. The Hall–Kier alpha value is -6.84. The molecule has 0 fully saturated rings. The van der Waals surface area contributed by atoms with Crippen LogP contribution in [0, 0.1) is 0 Å². The van der Waals surface area contributed by atoms with Crippen molar-refractivity contribution >= 4 is 34.1 Å². The second kappa shape index (κ2) is 16.7. The van der Waals surface area contributed by atoms with Gasteiger partial charge in [-0.3, -0.25) is 0 Å². The van der Waals surface area contributed by atoms with Crippen molar-refractivity contribution in [2.24, 2.45) is 5.16 Å². The zero-order valence-electron chi connectivity index (χ0n) is 29.0. The first-order chi connectivity index (χ1) is 26.5. The molecule has 0 aliphatic rings. The Morgan fingerprint density at radius 3 is 1.69 bits per heavy atom. The number of anilines is 1. The van der Waals surface area contributed by atoms with Crippen LogP contribution in [0.3, 0.4) is 0 Å². The Morgan fingerprint density at radius 2 is 1.19 bits per heavy atom. The Labute approximate surface area is 317 Å². The maximum absolute atomic E-state index is 13.4. The van der Waals surface area contributed by atoms with E-state index < -0.39 is 23.6 Å². The fourth-order valence-electron chi connectivity index (χ4n) is 6.30. The zero-order valence-corrected chi connectivity index (χ0v) is 29.8. The summed E-state index contributed by atoms with van der Waals surface area (Å²) in [6, 6.07) is 56.1. The number of hydrogen-bond acceptors (Lipinski definition) is 8. The first kappa shape index (κ1) is 35.6. The van der Waals surface area contributed by atoms with E-state index in [0.29, 0.717) is 16.3 Å². The molecule has 0 unspecified atom stereocenters. The van der Waals surface area contributed by atoms with Gasteiger partial charge in [-0.15, -0.1) is 11.3 Å². The first-order valence-electron chi connectivity index (χ1n) is 17.2. The SMILES string of the molecule is O=C(O)/C(=N/OCc1cccc(C(=O)OC(c2ccccc2)c2ccccc2)c1)c1csc(NC(c2ccccc2)(c2ccccc2)c2ccccc2)n1. The summed E-state index contributed by atoms with van der Waals surface area (Å²) in [6.45, 7) is -0.0902. The molecule has 0 aliphatic carbocycles. The summed E-state index contributed by atoms with van der Waals surface area (Å²) in [5, 5.41) is 19.9. The van der Waals surface area contributed by atoms with Crippen molar-refractivity contribution in [3.05, 3.63) is 226 Å². The van der Waals surface area contributed by atoms with E-state index in [9.17, 15) is 14.7 Å². The maximum Gasteiger partial charge on any atom is 0.360 e. The number of benzene rings is 6. The van der Waals surface area contributed by atoms with E-state index in [1.807, 2.05) is 115 Å². The van der Waals surface area contributed by atoms with Gasteiger partial charge in [0.05, 0.1) is 5.56 Å². The number of rotatable bonds is 14. The van der Waals surface area contributed by atoms with E-state index in [-0.39, 0.29) is 18.0 Å². The van der Waals surface area contributed by atoms with E-state index >= 15 is 0 Å². The van der Waals surface area contributed by atoms with Crippen LogP contribution in [0.25, 0.3) is 0 Å². The maximum atomic E-state index is 13.4. The lowest BCUT2D eigenvalue weighted by atomic mass is 9.77. The molecule has 0 bridgehead atoms. The van der Waals surface area contributed by atoms with Crippen molar-refractivity contribution in [3.8, 4) is 0 Å². The minimum absolute atomic E-state index is 0.0902. The van der Waals surface area contributed by atoms with Gasteiger partial charge in [0.2, 0.25) is 5.71 Å². The van der Waals surface area contributed by atoms with Crippen LogP contribution in [0.2, 0.25) is 0 Å². The van der Waals surface area contributed by atoms with Gasteiger partial charge in [-0.05, 0) is 45.5 Å². The predicted octanol–water partition coefficient (Wildman–Crippen LogP) is 9.50. The standard InChI is InChI=1S/C45H35N3O5S/c49-42(50)40(48-52-30-32-17-16-22-35(29-32)43(51)53-41(33-18-6-1-7-19-33)34-20-8-2-9-21-34)39-31-54-44(46-39)47-45(36-23-10-3-11-24-36,37-25-12-4-13-26-37)38-27-14-5-15-28-38/h1-29,31,41H,30H2,(H,46,47)(H,49,50)/b48-40+. The number of oxime groups is 1. The molecule has 0 atom stereocenters. The van der Waals surface area contributed by atoms with Crippen molar-refractivity contribution in [2.75, 3.05) is 5.32 Å². The second-order valence-electron chi connectivity index (χ2n) is 12.3. The van der Waals surface area contributed by atoms with Crippen LogP contribution >= 0.6 is 11.3 Å². The Bertz CT molecular complexity index is 2200. The lowest BCUT2D eigenvalue weighted by Crippen LogP contribution is -2.38. The molecule has 6 aromatic carbocycles. The number of esters is 1. The van der Waals surface area contributed by atoms with E-state index in [4.69, 9.17) is 9.57 Å². The van der Waals surface area contributed by atoms with Crippen molar-refractivity contribution < 1.29 is 24.3 Å². The molecule has 8 nitrogen and oxygen atoms in total. The van der Waals surface area contributed by atoms with Crippen LogP contribution < -0.4 is 5.32 Å². The molecule has 7 rings (SSSR count). The van der Waals surface area contributed by atoms with Crippen molar-refractivity contribution in [3.63, 3.8) is 0 Å². The third kappa shape index (κ3) is 7.96. The van der Waals surface area contributed by atoms with Crippen molar-refractivity contribution in [1.29, 1.82) is 0 Å². The molecule has 1 aromatic heterocycles. The molecule has 2 N–H and O–H groups in total. The number of nitrogens with one attached hydrogen (secondary N) is 1.